The minimum Gasteiger partial charge on any atom is -0.315 e. The zero-order valence-electron chi connectivity index (χ0n) is 12.5. The molecule has 0 saturated carbocycles. The molecule has 1 heterocycles. The molecule has 1 aromatic carbocycles. The minimum atomic E-state index is -3.53. The highest BCUT2D eigenvalue weighted by atomic mass is 32.2. The van der Waals surface area contributed by atoms with E-state index in [2.05, 4.69) is 5.32 Å². The number of nitrogens with zero attached hydrogens (tertiary/aromatic N) is 1. The van der Waals surface area contributed by atoms with Crippen molar-refractivity contribution in [2.75, 3.05) is 17.9 Å². The lowest BCUT2D eigenvalue weighted by atomic mass is 10.2. The van der Waals surface area contributed by atoms with Crippen molar-refractivity contribution in [3.05, 3.63) is 46.2 Å². The van der Waals surface area contributed by atoms with E-state index >= 15 is 0 Å². The van der Waals surface area contributed by atoms with Gasteiger partial charge in [0.05, 0.1) is 5.69 Å². The van der Waals surface area contributed by atoms with Crippen molar-refractivity contribution in [1.82, 2.24) is 5.32 Å². The van der Waals surface area contributed by atoms with Crippen molar-refractivity contribution in [1.29, 1.82) is 0 Å². The fourth-order valence-corrected chi connectivity index (χ4v) is 5.14. The van der Waals surface area contributed by atoms with Gasteiger partial charge >= 0.3 is 0 Å². The summed E-state index contributed by atoms with van der Waals surface area (Å²) >= 11 is 1.46. The van der Waals surface area contributed by atoms with E-state index in [1.54, 1.807) is 6.07 Å². The lowest BCUT2D eigenvalue weighted by molar-refractivity contribution is 0.590. The Labute approximate surface area is 130 Å². The van der Waals surface area contributed by atoms with Crippen LogP contribution in [0.1, 0.15) is 17.4 Å². The minimum absolute atomic E-state index is 0.394. The third-order valence-electron chi connectivity index (χ3n) is 3.19. The van der Waals surface area contributed by atoms with Crippen LogP contribution in [0.4, 0.5) is 5.69 Å². The second-order valence-electron chi connectivity index (χ2n) is 4.75. The summed E-state index contributed by atoms with van der Waals surface area (Å²) in [7, 11) is -1.71. The van der Waals surface area contributed by atoms with Crippen LogP contribution in [0.2, 0.25) is 0 Å². The molecule has 0 atom stereocenters. The smallest absolute Gasteiger partial charge is 0.265 e. The lowest BCUT2D eigenvalue weighted by Gasteiger charge is -2.23. The number of anilines is 1. The van der Waals surface area contributed by atoms with Crippen LogP contribution >= 0.6 is 11.3 Å². The summed E-state index contributed by atoms with van der Waals surface area (Å²) in [4.78, 5) is 1.23. The summed E-state index contributed by atoms with van der Waals surface area (Å²) in [6, 6.07) is 9.25. The lowest BCUT2D eigenvalue weighted by Crippen LogP contribution is -2.31. The first kappa shape index (κ1) is 16.0. The van der Waals surface area contributed by atoms with Crippen molar-refractivity contribution in [3.63, 3.8) is 0 Å². The molecule has 0 amide bonds. The molecule has 0 spiro atoms. The van der Waals surface area contributed by atoms with Crippen LogP contribution in [0.25, 0.3) is 0 Å². The molecule has 6 heteroatoms. The van der Waals surface area contributed by atoms with E-state index in [1.165, 1.54) is 15.6 Å². The second-order valence-corrected chi connectivity index (χ2v) is 7.58. The van der Waals surface area contributed by atoms with Crippen molar-refractivity contribution in [2.45, 2.75) is 25.3 Å². The van der Waals surface area contributed by atoms with E-state index in [9.17, 15) is 8.42 Å². The summed E-state index contributed by atoms with van der Waals surface area (Å²) in [5, 5.41) is 4.84. The van der Waals surface area contributed by atoms with Crippen molar-refractivity contribution in [3.8, 4) is 0 Å². The Morgan fingerprint density at radius 3 is 2.67 bits per heavy atom. The first-order valence-corrected chi connectivity index (χ1v) is 9.13. The van der Waals surface area contributed by atoms with E-state index in [4.69, 9.17) is 0 Å². The SMILES string of the molecule is CCN(c1cccc(C)c1)S(=O)(=O)c1ccsc1CNC. The van der Waals surface area contributed by atoms with E-state index in [0.717, 1.165) is 10.4 Å². The maximum Gasteiger partial charge on any atom is 0.265 e. The van der Waals surface area contributed by atoms with Gasteiger partial charge in [-0.3, -0.25) is 4.31 Å². The monoisotopic (exact) mass is 324 g/mol. The van der Waals surface area contributed by atoms with Crippen LogP contribution < -0.4 is 9.62 Å². The van der Waals surface area contributed by atoms with E-state index in [-0.39, 0.29) is 0 Å². The average Bonchev–Trinajstić information content (AvgIpc) is 2.89. The van der Waals surface area contributed by atoms with Gasteiger partial charge in [0.15, 0.2) is 0 Å². The Morgan fingerprint density at radius 1 is 1.29 bits per heavy atom. The van der Waals surface area contributed by atoms with E-state index in [0.29, 0.717) is 23.7 Å². The van der Waals surface area contributed by atoms with Gasteiger partial charge in [-0.25, -0.2) is 8.42 Å². The van der Waals surface area contributed by atoms with Gasteiger partial charge in [0.1, 0.15) is 4.90 Å². The highest BCUT2D eigenvalue weighted by molar-refractivity contribution is 7.93. The molecule has 1 aromatic heterocycles. The predicted molar refractivity (Wildman–Crippen MR) is 88.5 cm³/mol. The molecular formula is C15H20N2O2S2. The molecule has 0 radical (unpaired) electrons. The van der Waals surface area contributed by atoms with Crippen LogP contribution in [0.3, 0.4) is 0 Å². The van der Waals surface area contributed by atoms with Gasteiger partial charge < -0.3 is 5.32 Å². The molecule has 4 nitrogen and oxygen atoms in total. The van der Waals surface area contributed by atoms with Crippen molar-refractivity contribution in [2.24, 2.45) is 0 Å². The topological polar surface area (TPSA) is 49.4 Å². The standard InChI is InChI=1S/C15H20N2O2S2/c1-4-17(13-7-5-6-12(2)10-13)21(18,19)15-8-9-20-14(15)11-16-3/h5-10,16H,4,11H2,1-3H3. The van der Waals surface area contributed by atoms with Crippen LogP contribution in [-0.2, 0) is 16.6 Å². The Balaban J connectivity index is 2.47. The fourth-order valence-electron chi connectivity index (χ4n) is 2.24. The summed E-state index contributed by atoms with van der Waals surface area (Å²) in [5.74, 6) is 0. The van der Waals surface area contributed by atoms with Gasteiger partial charge in [0, 0.05) is 18.0 Å². The largest absolute Gasteiger partial charge is 0.315 e. The molecule has 0 aliphatic carbocycles. The molecular weight excluding hydrogens is 304 g/mol. The number of benzene rings is 1. The second kappa shape index (κ2) is 6.60. The molecule has 0 fully saturated rings. The number of hydrogen-bond donors (Lipinski definition) is 1. The summed E-state index contributed by atoms with van der Waals surface area (Å²) < 4.78 is 27.3. The maximum absolute atomic E-state index is 12.9. The van der Waals surface area contributed by atoms with Crippen LogP contribution in [0, 0.1) is 6.92 Å². The Kier molecular flexibility index (Phi) is 5.03. The van der Waals surface area contributed by atoms with Gasteiger partial charge in [0.25, 0.3) is 10.0 Å². The van der Waals surface area contributed by atoms with Crippen LogP contribution in [0.15, 0.2) is 40.6 Å². The average molecular weight is 324 g/mol. The summed E-state index contributed by atoms with van der Waals surface area (Å²) in [6.07, 6.45) is 0. The van der Waals surface area contributed by atoms with Crippen molar-refractivity contribution >= 4 is 27.0 Å². The van der Waals surface area contributed by atoms with Gasteiger partial charge in [-0.05, 0) is 50.0 Å². The zero-order valence-corrected chi connectivity index (χ0v) is 14.1. The number of nitrogens with one attached hydrogen (secondary N) is 1. The van der Waals surface area contributed by atoms with Gasteiger partial charge in [-0.2, -0.15) is 0 Å². The fraction of sp³-hybridized carbons (Fsp3) is 0.333. The molecule has 1 N–H and O–H groups in total. The molecule has 21 heavy (non-hydrogen) atoms. The Morgan fingerprint density at radius 2 is 2.05 bits per heavy atom. The first-order valence-electron chi connectivity index (χ1n) is 6.81. The third kappa shape index (κ3) is 3.28. The predicted octanol–water partition coefficient (Wildman–Crippen LogP) is 2.99. The molecule has 0 unspecified atom stereocenters. The molecule has 114 valence electrons. The molecule has 0 bridgehead atoms. The van der Waals surface area contributed by atoms with E-state index in [1.807, 2.05) is 50.5 Å². The quantitative estimate of drug-likeness (QED) is 0.888. The van der Waals surface area contributed by atoms with Crippen LogP contribution in [0.5, 0.6) is 0 Å². The normalized spacial score (nSPS) is 11.6. The first-order chi connectivity index (χ1) is 10.0. The summed E-state index contributed by atoms with van der Waals surface area (Å²) in [5.41, 5.74) is 1.75. The van der Waals surface area contributed by atoms with Crippen molar-refractivity contribution < 1.29 is 8.42 Å². The molecule has 0 aliphatic heterocycles. The maximum atomic E-state index is 12.9. The van der Waals surface area contributed by atoms with Crippen LogP contribution in [-0.4, -0.2) is 22.0 Å². The van der Waals surface area contributed by atoms with Gasteiger partial charge in [-0.1, -0.05) is 12.1 Å². The number of thiophene rings is 1. The zero-order chi connectivity index (χ0) is 15.5. The van der Waals surface area contributed by atoms with E-state index < -0.39 is 10.0 Å². The van der Waals surface area contributed by atoms with Gasteiger partial charge in [-0.15, -0.1) is 11.3 Å². The molecule has 0 aliphatic rings. The number of rotatable bonds is 6. The summed E-state index contributed by atoms with van der Waals surface area (Å²) in [6.45, 7) is 4.77. The number of aryl methyl sites for hydroxylation is 1. The third-order valence-corrected chi connectivity index (χ3v) is 6.22. The highest BCUT2D eigenvalue weighted by Gasteiger charge is 2.26. The Bertz CT molecular complexity index is 708. The molecule has 0 saturated heterocycles. The Hall–Kier alpha value is -1.37. The molecule has 2 rings (SSSR count). The molecule has 2 aromatic rings. The number of sulfonamides is 1. The van der Waals surface area contributed by atoms with Gasteiger partial charge in [0.2, 0.25) is 0 Å². The number of hydrogen-bond acceptors (Lipinski definition) is 4. The highest BCUT2D eigenvalue weighted by Crippen LogP contribution is 2.29.